The molecule has 6 heteroatoms. The van der Waals surface area contributed by atoms with Crippen molar-refractivity contribution in [1.29, 1.82) is 0 Å². The molecule has 158 valence electrons. The second-order valence-electron chi connectivity index (χ2n) is 7.86. The molecular formula is C25H25N3O3. The van der Waals surface area contributed by atoms with Gasteiger partial charge in [0.05, 0.1) is 6.20 Å². The number of nitrogens with zero attached hydrogens (tertiary/aromatic N) is 2. The first-order valence-electron chi connectivity index (χ1n) is 10.3. The molecule has 1 N–H and O–H groups in total. The van der Waals surface area contributed by atoms with E-state index in [2.05, 4.69) is 10.3 Å². The third kappa shape index (κ3) is 4.43. The molecular weight excluding hydrogens is 390 g/mol. The van der Waals surface area contributed by atoms with E-state index < -0.39 is 5.92 Å². The van der Waals surface area contributed by atoms with Gasteiger partial charge in [-0.1, -0.05) is 6.07 Å². The van der Waals surface area contributed by atoms with Crippen LogP contribution in [-0.4, -0.2) is 23.3 Å². The van der Waals surface area contributed by atoms with E-state index in [4.69, 9.17) is 4.74 Å². The fraction of sp³-hybridized carbons (Fsp3) is 0.240. The summed E-state index contributed by atoms with van der Waals surface area (Å²) < 4.78 is 5.83. The Balaban J connectivity index is 1.43. The topological polar surface area (TPSA) is 71.5 Å². The molecule has 2 aromatic carbocycles. The van der Waals surface area contributed by atoms with Crippen molar-refractivity contribution in [1.82, 2.24) is 4.98 Å². The van der Waals surface area contributed by atoms with E-state index in [0.717, 1.165) is 16.8 Å². The zero-order valence-electron chi connectivity index (χ0n) is 17.9. The lowest BCUT2D eigenvalue weighted by Gasteiger charge is -2.18. The molecule has 1 fully saturated rings. The van der Waals surface area contributed by atoms with Gasteiger partial charge in [-0.15, -0.1) is 0 Å². The molecule has 1 aliphatic rings. The van der Waals surface area contributed by atoms with E-state index in [-0.39, 0.29) is 11.8 Å². The number of amides is 2. The minimum atomic E-state index is -0.687. The highest BCUT2D eigenvalue weighted by Crippen LogP contribution is 2.30. The molecule has 0 saturated carbocycles. The lowest BCUT2D eigenvalue weighted by Crippen LogP contribution is -2.33. The van der Waals surface area contributed by atoms with Crippen LogP contribution in [0.1, 0.15) is 23.1 Å². The van der Waals surface area contributed by atoms with E-state index in [1.807, 2.05) is 51.1 Å². The number of carbonyl (C=O) groups is 2. The van der Waals surface area contributed by atoms with E-state index in [1.54, 1.807) is 35.5 Å². The molecule has 2 amide bonds. The third-order valence-electron chi connectivity index (χ3n) is 5.63. The summed E-state index contributed by atoms with van der Waals surface area (Å²) in [6.07, 6.45) is 3.82. The van der Waals surface area contributed by atoms with E-state index >= 15 is 0 Å². The van der Waals surface area contributed by atoms with Crippen LogP contribution >= 0.6 is 0 Å². The van der Waals surface area contributed by atoms with Gasteiger partial charge in [0.2, 0.25) is 11.8 Å². The number of hydrogen-bond donors (Lipinski definition) is 1. The van der Waals surface area contributed by atoms with Crippen molar-refractivity contribution >= 4 is 23.2 Å². The Kier molecular flexibility index (Phi) is 5.71. The number of benzene rings is 2. The van der Waals surface area contributed by atoms with Crippen LogP contribution in [0.25, 0.3) is 0 Å². The highest BCUT2D eigenvalue weighted by Gasteiger charge is 2.37. The Morgan fingerprint density at radius 1 is 1.06 bits per heavy atom. The Bertz CT molecular complexity index is 1130. The minimum absolute atomic E-state index is 0.158. The van der Waals surface area contributed by atoms with Gasteiger partial charge in [-0.2, -0.15) is 0 Å². The summed E-state index contributed by atoms with van der Waals surface area (Å²) >= 11 is 0. The van der Waals surface area contributed by atoms with Gasteiger partial charge in [-0.05, 0) is 86.3 Å². The number of hydrogen-bond acceptors (Lipinski definition) is 4. The summed E-state index contributed by atoms with van der Waals surface area (Å²) in [6.45, 7) is 6.50. The van der Waals surface area contributed by atoms with E-state index in [9.17, 15) is 9.59 Å². The first kappa shape index (κ1) is 20.6. The predicted molar refractivity (Wildman–Crippen MR) is 120 cm³/mol. The van der Waals surface area contributed by atoms with Crippen molar-refractivity contribution in [2.75, 3.05) is 16.8 Å². The van der Waals surface area contributed by atoms with Gasteiger partial charge in [0.15, 0.2) is 0 Å². The molecule has 1 aromatic heterocycles. The van der Waals surface area contributed by atoms with Gasteiger partial charge in [-0.3, -0.25) is 14.6 Å². The highest BCUT2D eigenvalue weighted by atomic mass is 16.5. The summed E-state index contributed by atoms with van der Waals surface area (Å²) in [5, 5.41) is 2.88. The van der Waals surface area contributed by atoms with Crippen LogP contribution in [0.5, 0.6) is 11.5 Å². The normalized spacial score (nSPS) is 15.8. The van der Waals surface area contributed by atoms with Gasteiger partial charge in [-0.25, -0.2) is 0 Å². The second-order valence-corrected chi connectivity index (χ2v) is 7.86. The second kappa shape index (κ2) is 8.60. The van der Waals surface area contributed by atoms with Crippen molar-refractivity contribution in [2.45, 2.75) is 27.2 Å². The average molecular weight is 415 g/mol. The summed E-state index contributed by atoms with van der Waals surface area (Å²) in [6, 6.07) is 15.0. The number of ether oxygens (including phenoxy) is 1. The molecule has 0 radical (unpaired) electrons. The number of carbonyl (C=O) groups excluding carboxylic acids is 2. The maximum Gasteiger partial charge on any atom is 0.239 e. The maximum atomic E-state index is 12.9. The summed E-state index contributed by atoms with van der Waals surface area (Å²) in [5.74, 6) is 0.202. The molecule has 3 aromatic rings. The van der Waals surface area contributed by atoms with Crippen molar-refractivity contribution < 1.29 is 14.3 Å². The van der Waals surface area contributed by atoms with Gasteiger partial charge in [0.25, 0.3) is 0 Å². The van der Waals surface area contributed by atoms with Crippen LogP contribution in [0.2, 0.25) is 0 Å². The number of pyridine rings is 1. The first-order chi connectivity index (χ1) is 14.9. The number of rotatable bonds is 5. The Morgan fingerprint density at radius 3 is 2.61 bits per heavy atom. The molecule has 1 aliphatic heterocycles. The van der Waals surface area contributed by atoms with Gasteiger partial charge in [0.1, 0.15) is 17.4 Å². The van der Waals surface area contributed by atoms with Crippen molar-refractivity contribution in [3.05, 3.63) is 77.6 Å². The SMILES string of the molecule is Cc1ccc(N2CCC(C(=O)Nc3ccc(Oc4cccnc4)c(C)c3)C2=O)cc1C. The van der Waals surface area contributed by atoms with Crippen LogP contribution in [0.3, 0.4) is 0 Å². The molecule has 0 spiro atoms. The van der Waals surface area contributed by atoms with Gasteiger partial charge >= 0.3 is 0 Å². The molecule has 1 saturated heterocycles. The molecule has 0 bridgehead atoms. The Labute approximate surface area is 181 Å². The minimum Gasteiger partial charge on any atom is -0.455 e. The average Bonchev–Trinajstić information content (AvgIpc) is 3.14. The number of aryl methyl sites for hydroxylation is 3. The summed E-state index contributed by atoms with van der Waals surface area (Å²) in [7, 11) is 0. The van der Waals surface area contributed by atoms with Crippen molar-refractivity contribution in [2.24, 2.45) is 5.92 Å². The smallest absolute Gasteiger partial charge is 0.239 e. The molecule has 6 nitrogen and oxygen atoms in total. The van der Waals surface area contributed by atoms with Crippen molar-refractivity contribution in [3.63, 3.8) is 0 Å². The summed E-state index contributed by atoms with van der Waals surface area (Å²) in [4.78, 5) is 31.4. The first-order valence-corrected chi connectivity index (χ1v) is 10.3. The molecule has 0 aliphatic carbocycles. The Morgan fingerprint density at radius 2 is 1.90 bits per heavy atom. The standard InChI is InChI=1S/C25H25N3O3/c1-16-6-8-20(14-17(16)2)28-12-10-22(25(28)30)24(29)27-19-7-9-23(18(3)13-19)31-21-5-4-11-26-15-21/h4-9,11,13-15,22H,10,12H2,1-3H3,(H,27,29). The Hall–Kier alpha value is -3.67. The monoisotopic (exact) mass is 415 g/mol. The number of nitrogens with one attached hydrogen (secondary N) is 1. The molecule has 1 unspecified atom stereocenters. The largest absolute Gasteiger partial charge is 0.455 e. The predicted octanol–water partition coefficient (Wildman–Crippen LogP) is 4.79. The van der Waals surface area contributed by atoms with Crippen LogP contribution < -0.4 is 15.0 Å². The molecule has 4 rings (SSSR count). The van der Waals surface area contributed by atoms with Crippen LogP contribution in [0.4, 0.5) is 11.4 Å². The number of aromatic nitrogens is 1. The lowest BCUT2D eigenvalue weighted by molar-refractivity contribution is -0.129. The third-order valence-corrected chi connectivity index (χ3v) is 5.63. The summed E-state index contributed by atoms with van der Waals surface area (Å²) in [5.41, 5.74) is 4.66. The molecule has 31 heavy (non-hydrogen) atoms. The number of anilines is 2. The zero-order chi connectivity index (χ0) is 22.0. The fourth-order valence-electron chi connectivity index (χ4n) is 3.68. The van der Waals surface area contributed by atoms with Crippen LogP contribution in [0.15, 0.2) is 60.9 Å². The van der Waals surface area contributed by atoms with Crippen LogP contribution in [-0.2, 0) is 9.59 Å². The fourth-order valence-corrected chi connectivity index (χ4v) is 3.68. The van der Waals surface area contributed by atoms with Crippen molar-refractivity contribution in [3.8, 4) is 11.5 Å². The van der Waals surface area contributed by atoms with Gasteiger partial charge < -0.3 is 15.0 Å². The molecule has 2 heterocycles. The van der Waals surface area contributed by atoms with Crippen LogP contribution in [0, 0.1) is 26.7 Å². The van der Waals surface area contributed by atoms with E-state index in [1.165, 1.54) is 5.56 Å². The van der Waals surface area contributed by atoms with E-state index in [0.29, 0.717) is 30.2 Å². The lowest BCUT2D eigenvalue weighted by atomic mass is 10.1. The molecule has 1 atom stereocenters. The quantitative estimate of drug-likeness (QED) is 0.608. The maximum absolute atomic E-state index is 12.9. The highest BCUT2D eigenvalue weighted by molar-refractivity contribution is 6.13. The van der Waals surface area contributed by atoms with Gasteiger partial charge in [0, 0.05) is 24.1 Å². The zero-order valence-corrected chi connectivity index (χ0v) is 17.9.